The van der Waals surface area contributed by atoms with Crippen LogP contribution >= 0.6 is 11.6 Å². The van der Waals surface area contributed by atoms with Crippen molar-refractivity contribution in [3.8, 4) is 5.75 Å². The van der Waals surface area contributed by atoms with E-state index in [1.165, 1.54) is 26.3 Å². The molecule has 0 atom stereocenters. The first-order chi connectivity index (χ1) is 12.3. The van der Waals surface area contributed by atoms with Crippen molar-refractivity contribution in [3.63, 3.8) is 0 Å². The van der Waals surface area contributed by atoms with E-state index in [-0.39, 0.29) is 21.0 Å². The number of sulfonamides is 1. The lowest BCUT2D eigenvalue weighted by molar-refractivity contribution is 0.0474. The maximum atomic E-state index is 12.2. The zero-order valence-corrected chi connectivity index (χ0v) is 15.6. The maximum absolute atomic E-state index is 12.2. The summed E-state index contributed by atoms with van der Waals surface area (Å²) in [4.78, 5) is 24.3. The van der Waals surface area contributed by atoms with Crippen molar-refractivity contribution in [2.24, 2.45) is 0 Å². The fourth-order valence-corrected chi connectivity index (χ4v) is 3.06. The number of carbonyl (C=O) groups excluding carboxylic acids is 2. The number of nitrogens with one attached hydrogen (secondary N) is 1. The number of carbonyl (C=O) groups is 2. The SMILES string of the molecule is CNS(=O)(=O)c1ccc(Cl)c(C(=O)OCC(=O)c2ccccc2OC)c1. The van der Waals surface area contributed by atoms with E-state index >= 15 is 0 Å². The number of methoxy groups -OCH3 is 1. The molecule has 0 amide bonds. The van der Waals surface area contributed by atoms with Gasteiger partial charge < -0.3 is 9.47 Å². The Bertz CT molecular complexity index is 942. The second-order valence-corrected chi connectivity index (χ2v) is 7.34. The molecule has 1 N–H and O–H groups in total. The lowest BCUT2D eigenvalue weighted by Crippen LogP contribution is -2.20. The van der Waals surface area contributed by atoms with Crippen molar-refractivity contribution in [1.29, 1.82) is 0 Å². The van der Waals surface area contributed by atoms with Crippen molar-refractivity contribution >= 4 is 33.4 Å². The summed E-state index contributed by atoms with van der Waals surface area (Å²) in [6.07, 6.45) is 0. The van der Waals surface area contributed by atoms with Crippen LogP contribution in [0.3, 0.4) is 0 Å². The Morgan fingerprint density at radius 1 is 1.12 bits per heavy atom. The minimum Gasteiger partial charge on any atom is -0.496 e. The van der Waals surface area contributed by atoms with Gasteiger partial charge in [0.1, 0.15) is 5.75 Å². The van der Waals surface area contributed by atoms with Gasteiger partial charge in [-0.15, -0.1) is 0 Å². The molecule has 2 aromatic rings. The Labute approximate surface area is 155 Å². The van der Waals surface area contributed by atoms with Gasteiger partial charge >= 0.3 is 5.97 Å². The van der Waals surface area contributed by atoms with Gasteiger partial charge in [0.15, 0.2) is 6.61 Å². The highest BCUT2D eigenvalue weighted by Gasteiger charge is 2.20. The first-order valence-electron chi connectivity index (χ1n) is 7.36. The third kappa shape index (κ3) is 4.40. The summed E-state index contributed by atoms with van der Waals surface area (Å²) in [6.45, 7) is -0.543. The topological polar surface area (TPSA) is 98.8 Å². The van der Waals surface area contributed by atoms with Gasteiger partial charge in [-0.05, 0) is 37.4 Å². The lowest BCUT2D eigenvalue weighted by atomic mass is 10.1. The molecule has 0 aromatic heterocycles. The molecule has 7 nitrogen and oxygen atoms in total. The third-order valence-electron chi connectivity index (χ3n) is 3.48. The molecule has 0 unspecified atom stereocenters. The molecule has 0 heterocycles. The Balaban J connectivity index is 2.18. The van der Waals surface area contributed by atoms with Gasteiger partial charge in [0.2, 0.25) is 15.8 Å². The Morgan fingerprint density at radius 2 is 1.81 bits per heavy atom. The number of benzene rings is 2. The normalized spacial score (nSPS) is 11.0. The van der Waals surface area contributed by atoms with Gasteiger partial charge in [0, 0.05) is 0 Å². The molecule has 0 bridgehead atoms. The molecular weight excluding hydrogens is 382 g/mol. The van der Waals surface area contributed by atoms with Crippen LogP contribution in [-0.4, -0.2) is 40.9 Å². The van der Waals surface area contributed by atoms with Crippen LogP contribution in [0.4, 0.5) is 0 Å². The van der Waals surface area contributed by atoms with Crippen molar-refractivity contribution in [2.45, 2.75) is 4.90 Å². The zero-order valence-electron chi connectivity index (χ0n) is 14.0. The van der Waals surface area contributed by atoms with Crippen molar-refractivity contribution in [3.05, 3.63) is 58.6 Å². The molecule has 0 saturated heterocycles. The van der Waals surface area contributed by atoms with Crippen LogP contribution < -0.4 is 9.46 Å². The third-order valence-corrected chi connectivity index (χ3v) is 5.22. The number of para-hydroxylation sites is 1. The molecule has 138 valence electrons. The van der Waals surface area contributed by atoms with Gasteiger partial charge in [-0.1, -0.05) is 23.7 Å². The minimum absolute atomic E-state index is 0.00907. The van der Waals surface area contributed by atoms with Gasteiger partial charge in [0.25, 0.3) is 0 Å². The number of halogens is 1. The van der Waals surface area contributed by atoms with E-state index in [0.29, 0.717) is 5.75 Å². The van der Waals surface area contributed by atoms with E-state index in [1.807, 2.05) is 0 Å². The average Bonchev–Trinajstić information content (AvgIpc) is 2.65. The summed E-state index contributed by atoms with van der Waals surface area (Å²) < 4.78 is 35.9. The summed E-state index contributed by atoms with van der Waals surface area (Å²) in [5, 5.41) is 0.00907. The van der Waals surface area contributed by atoms with Crippen LogP contribution in [0.25, 0.3) is 0 Å². The predicted molar refractivity (Wildman–Crippen MR) is 95.3 cm³/mol. The minimum atomic E-state index is -3.75. The summed E-state index contributed by atoms with van der Waals surface area (Å²) in [7, 11) is -1.09. The smallest absolute Gasteiger partial charge is 0.340 e. The highest BCUT2D eigenvalue weighted by Crippen LogP contribution is 2.22. The Morgan fingerprint density at radius 3 is 2.46 bits per heavy atom. The number of hydrogen-bond acceptors (Lipinski definition) is 6. The van der Waals surface area contributed by atoms with Gasteiger partial charge in [0.05, 0.1) is 28.2 Å². The standard InChI is InChI=1S/C17H16ClNO6S/c1-19-26(22,23)11-7-8-14(18)13(9-11)17(21)25-10-15(20)12-5-3-4-6-16(12)24-2/h3-9,19H,10H2,1-2H3. The number of rotatable bonds is 7. The van der Waals surface area contributed by atoms with Crippen molar-refractivity contribution in [1.82, 2.24) is 4.72 Å². The molecule has 0 saturated carbocycles. The van der Waals surface area contributed by atoms with Crippen LogP contribution in [0.15, 0.2) is 47.4 Å². The number of esters is 1. The molecule has 0 fully saturated rings. The molecule has 9 heteroatoms. The molecule has 2 rings (SSSR count). The molecule has 0 radical (unpaired) electrons. The zero-order chi connectivity index (χ0) is 19.3. The molecule has 0 aliphatic carbocycles. The molecular formula is C17H16ClNO6S. The quantitative estimate of drug-likeness (QED) is 0.568. The first-order valence-corrected chi connectivity index (χ1v) is 9.22. The fourth-order valence-electron chi connectivity index (χ4n) is 2.11. The fraction of sp³-hybridized carbons (Fsp3) is 0.176. The summed E-state index contributed by atoms with van der Waals surface area (Å²) in [6, 6.07) is 10.1. The number of hydrogen-bond donors (Lipinski definition) is 1. The van der Waals surface area contributed by atoms with Crippen LogP contribution in [0.5, 0.6) is 5.75 Å². The van der Waals surface area contributed by atoms with E-state index in [2.05, 4.69) is 4.72 Å². The van der Waals surface area contributed by atoms with Crippen molar-refractivity contribution < 1.29 is 27.5 Å². The van der Waals surface area contributed by atoms with E-state index < -0.39 is 28.4 Å². The lowest BCUT2D eigenvalue weighted by Gasteiger charge is -2.10. The van der Waals surface area contributed by atoms with E-state index in [4.69, 9.17) is 21.1 Å². The maximum Gasteiger partial charge on any atom is 0.340 e. The highest BCUT2D eigenvalue weighted by molar-refractivity contribution is 7.89. The van der Waals surface area contributed by atoms with Gasteiger partial charge in [-0.25, -0.2) is 17.9 Å². The molecule has 0 spiro atoms. The molecule has 2 aromatic carbocycles. The highest BCUT2D eigenvalue weighted by atomic mass is 35.5. The van der Waals surface area contributed by atoms with Gasteiger partial charge in [-0.3, -0.25) is 4.79 Å². The van der Waals surface area contributed by atoms with Crippen molar-refractivity contribution in [2.75, 3.05) is 20.8 Å². The van der Waals surface area contributed by atoms with E-state index in [1.54, 1.807) is 24.3 Å². The van der Waals surface area contributed by atoms with Crippen LogP contribution in [0.2, 0.25) is 5.02 Å². The number of ketones is 1. The number of Topliss-reactive ketones (excluding diaryl/α,β-unsaturated/α-hetero) is 1. The molecule has 26 heavy (non-hydrogen) atoms. The van der Waals surface area contributed by atoms with Gasteiger partial charge in [-0.2, -0.15) is 0 Å². The monoisotopic (exact) mass is 397 g/mol. The van der Waals surface area contributed by atoms with E-state index in [0.717, 1.165) is 6.07 Å². The predicted octanol–water partition coefficient (Wildman–Crippen LogP) is 2.30. The van der Waals surface area contributed by atoms with Crippen LogP contribution in [0.1, 0.15) is 20.7 Å². The second kappa shape index (κ2) is 8.31. The molecule has 0 aliphatic rings. The Kier molecular flexibility index (Phi) is 6.36. The first kappa shape index (κ1) is 19.9. The second-order valence-electron chi connectivity index (χ2n) is 5.05. The summed E-state index contributed by atoms with van der Waals surface area (Å²) in [5.74, 6) is -1.02. The largest absolute Gasteiger partial charge is 0.496 e. The van der Waals surface area contributed by atoms with Crippen LogP contribution in [-0.2, 0) is 14.8 Å². The van der Waals surface area contributed by atoms with E-state index in [9.17, 15) is 18.0 Å². The number of ether oxygens (including phenoxy) is 2. The summed E-state index contributed by atoms with van der Waals surface area (Å²) >= 11 is 5.94. The summed E-state index contributed by atoms with van der Waals surface area (Å²) in [5.41, 5.74) is 0.108. The molecule has 0 aliphatic heterocycles. The average molecular weight is 398 g/mol. The Hall–Kier alpha value is -2.42. The van der Waals surface area contributed by atoms with Crippen LogP contribution in [0, 0.1) is 0 Å².